The van der Waals surface area contributed by atoms with Crippen LogP contribution >= 0.6 is 34.8 Å². The van der Waals surface area contributed by atoms with E-state index >= 15 is 0 Å². The summed E-state index contributed by atoms with van der Waals surface area (Å²) in [6.07, 6.45) is 7.30. The van der Waals surface area contributed by atoms with Crippen molar-refractivity contribution >= 4 is 82.2 Å². The van der Waals surface area contributed by atoms with Gasteiger partial charge in [-0.1, -0.05) is 108 Å². The molecule has 2 aliphatic rings. The molecule has 2 fully saturated rings. The first-order valence-corrected chi connectivity index (χ1v) is 36.6. The van der Waals surface area contributed by atoms with Gasteiger partial charge in [0.1, 0.15) is 24.5 Å². The van der Waals surface area contributed by atoms with E-state index in [9.17, 15) is 28.8 Å². The lowest BCUT2D eigenvalue weighted by atomic mass is 9.91. The van der Waals surface area contributed by atoms with Crippen molar-refractivity contribution in [3.63, 3.8) is 0 Å². The Morgan fingerprint density at radius 3 is 1.92 bits per heavy atom. The number of Topliss-reactive ketones (excluding diaryl/α,β-unsaturated/α-hetero) is 2. The zero-order valence-electron chi connectivity index (χ0n) is 61.0. The van der Waals surface area contributed by atoms with Crippen LogP contribution < -0.4 is 39.1 Å². The van der Waals surface area contributed by atoms with Gasteiger partial charge in [-0.05, 0) is 164 Å². The third-order valence-electron chi connectivity index (χ3n) is 18.1. The maximum atomic E-state index is 14.6. The van der Waals surface area contributed by atoms with Crippen molar-refractivity contribution in [3.8, 4) is 34.5 Å². The fraction of sp³-hybridized carbons (Fsp3) is 0.432. The zero-order valence-corrected chi connectivity index (χ0v) is 63.2. The van der Waals surface area contributed by atoms with Crippen LogP contribution in [0.4, 0.5) is 0 Å². The molecule has 105 heavy (non-hydrogen) atoms. The van der Waals surface area contributed by atoms with Crippen LogP contribution in [0.15, 0.2) is 132 Å². The monoisotopic (exact) mass is 1500 g/mol. The summed E-state index contributed by atoms with van der Waals surface area (Å²) in [5.74, 6) is 0.881. The molecular formula is C81H97Cl3N4O17. The van der Waals surface area contributed by atoms with Crippen LogP contribution in [0.5, 0.6) is 34.5 Å². The molecular weight excluding hydrogens is 1410 g/mol. The van der Waals surface area contributed by atoms with E-state index in [1.54, 1.807) is 90.8 Å². The molecule has 1 unspecified atom stereocenters. The number of ketones is 2. The molecule has 0 aliphatic carbocycles. The molecule has 21 nitrogen and oxygen atoms in total. The van der Waals surface area contributed by atoms with Crippen LogP contribution in [0.25, 0.3) is 12.2 Å². The number of methoxy groups -OCH3 is 5. The fourth-order valence-corrected chi connectivity index (χ4v) is 12.9. The lowest BCUT2D eigenvalue weighted by Gasteiger charge is -2.37. The summed E-state index contributed by atoms with van der Waals surface area (Å²) in [6.45, 7) is 7.14. The Morgan fingerprint density at radius 2 is 1.26 bits per heavy atom. The molecule has 0 bridgehead atoms. The van der Waals surface area contributed by atoms with Gasteiger partial charge in [-0.15, -0.1) is 0 Å². The molecule has 3 amide bonds. The molecule has 8 rings (SSSR count). The Balaban J connectivity index is 0.711. The number of aryl methyl sites for hydroxylation is 2. The number of carbonyl (C=O) groups is 6. The highest BCUT2D eigenvalue weighted by Gasteiger charge is 2.39. The number of nitrogens with one attached hydrogen (secondary N) is 2. The van der Waals surface area contributed by atoms with Crippen LogP contribution in [0.1, 0.15) is 109 Å². The van der Waals surface area contributed by atoms with Crippen LogP contribution in [0.3, 0.4) is 0 Å². The van der Waals surface area contributed by atoms with E-state index in [1.165, 1.54) is 21.3 Å². The molecule has 564 valence electrons. The Bertz CT molecular complexity index is 3830. The number of benzene rings is 6. The predicted molar refractivity (Wildman–Crippen MR) is 404 cm³/mol. The number of piperidine rings is 2. The van der Waals surface area contributed by atoms with E-state index in [0.29, 0.717) is 155 Å². The lowest BCUT2D eigenvalue weighted by Crippen LogP contribution is -2.52. The second kappa shape index (κ2) is 43.2. The van der Waals surface area contributed by atoms with Crippen LogP contribution in [-0.2, 0) is 65.3 Å². The average Bonchev–Trinajstić information content (AvgIpc) is 0.801. The van der Waals surface area contributed by atoms with Gasteiger partial charge in [-0.25, -0.2) is 4.79 Å². The summed E-state index contributed by atoms with van der Waals surface area (Å²) in [5, 5.41) is 7.59. The van der Waals surface area contributed by atoms with E-state index < -0.39 is 30.1 Å². The molecule has 6 aromatic carbocycles. The second-order valence-electron chi connectivity index (χ2n) is 25.4. The van der Waals surface area contributed by atoms with E-state index in [2.05, 4.69) is 10.6 Å². The van der Waals surface area contributed by atoms with Crippen molar-refractivity contribution < 1.29 is 80.9 Å². The number of hydrogen-bond acceptors (Lipinski definition) is 18. The summed E-state index contributed by atoms with van der Waals surface area (Å²) in [4.78, 5) is 86.8. The van der Waals surface area contributed by atoms with E-state index in [1.807, 2.05) is 80.6 Å². The highest BCUT2D eigenvalue weighted by atomic mass is 35.5. The number of carbonyl (C=O) groups excluding carboxylic acids is 6. The molecule has 2 aliphatic heterocycles. The second-order valence-corrected chi connectivity index (χ2v) is 26.6. The van der Waals surface area contributed by atoms with E-state index in [4.69, 9.17) is 86.9 Å². The number of amides is 3. The quantitative estimate of drug-likeness (QED) is 0.0206. The van der Waals surface area contributed by atoms with Crippen molar-refractivity contribution in [2.45, 2.75) is 102 Å². The van der Waals surface area contributed by atoms with Crippen molar-refractivity contribution in [2.75, 3.05) is 128 Å². The average molecular weight is 1510 g/mol. The minimum absolute atomic E-state index is 0.0817. The summed E-state index contributed by atoms with van der Waals surface area (Å²) in [6, 6.07) is 35.3. The molecule has 4 atom stereocenters. The van der Waals surface area contributed by atoms with Gasteiger partial charge in [0.15, 0.2) is 34.6 Å². The summed E-state index contributed by atoms with van der Waals surface area (Å²) >= 11 is 18.9. The Labute approximate surface area is 630 Å². The third kappa shape index (κ3) is 25.1. The number of nitrogens with zero attached hydrogens (tertiary/aromatic N) is 2. The maximum Gasteiger partial charge on any atom is 0.329 e. The molecule has 0 radical (unpaired) electrons. The molecule has 24 heteroatoms. The largest absolute Gasteiger partial charge is 0.493 e. The normalized spacial score (nSPS) is 15.4. The SMILES string of the molecule is CC[C@H](C(=O)N1CCCC[C@H]1C(=O)OC(CCc1ccc(OC)c(OC)c1)c1cccc(OCC(=O)CCCOCCOCCOCCC(=O)NCCOCCN[C@@H](Cc2ccccc2)C(=O)N2C/C(=C\c3ccc(Cl)c(C)c3)C(=O)/C(=C/c3ccc(Cl)c(Cl)c3)C2)c1)c1cc(OC)c(OC)c(OC)c1. The zero-order chi connectivity index (χ0) is 75.0. The predicted octanol–water partition coefficient (Wildman–Crippen LogP) is 12.9. The standard InChI is InChI=1S/C81H97Cl3N4O17/c1-8-65(60-49-74(97-5)78(99-7)75(50-60)98-6)79(92)88-33-13-12-21-70(88)81(94)105-71(28-24-56-25-29-72(95-3)73(47-56)96-4)59-18-14-20-64(48-59)104-53-63(89)19-15-34-100-38-40-103-41-39-101-35-30-76(90)86-32-37-102-36-31-85-69(46-55-16-10-9-11-17-55)80(93)87-51-61(43-57-22-26-66(82)54(2)42-57)77(91)62(52-87)44-58-23-27-67(83)68(84)45-58/h9-11,14,16-18,20,22-23,25-27,29,42-45,47-50,65,69-71,85H,8,12-13,15,19,21,24,28,30-41,46,51-53H2,1-7H3,(H,86,90)/b61-43+,62-44+/t65-,69-,70-,71?/m0/s1. The molecule has 0 aromatic heterocycles. The van der Waals surface area contributed by atoms with Gasteiger partial charge in [0.2, 0.25) is 23.5 Å². The van der Waals surface area contributed by atoms with Gasteiger partial charge in [0.05, 0.1) is 104 Å². The van der Waals surface area contributed by atoms with Crippen molar-refractivity contribution in [3.05, 3.63) is 186 Å². The maximum absolute atomic E-state index is 14.6. The van der Waals surface area contributed by atoms with Gasteiger partial charge in [0, 0.05) is 68.3 Å². The first-order valence-electron chi connectivity index (χ1n) is 35.5. The van der Waals surface area contributed by atoms with Gasteiger partial charge < -0.3 is 72.5 Å². The van der Waals surface area contributed by atoms with Crippen molar-refractivity contribution in [2.24, 2.45) is 0 Å². The van der Waals surface area contributed by atoms with E-state index in [0.717, 1.165) is 35.1 Å². The van der Waals surface area contributed by atoms with Gasteiger partial charge in [-0.3, -0.25) is 24.0 Å². The smallest absolute Gasteiger partial charge is 0.329 e. The third-order valence-corrected chi connectivity index (χ3v) is 19.2. The summed E-state index contributed by atoms with van der Waals surface area (Å²) in [7, 11) is 7.72. The number of halogens is 3. The lowest BCUT2D eigenvalue weighted by molar-refractivity contribution is -0.162. The molecule has 0 spiro atoms. The Kier molecular flexibility index (Phi) is 33.8. The molecule has 2 saturated heterocycles. The fourth-order valence-electron chi connectivity index (χ4n) is 12.5. The first-order chi connectivity index (χ1) is 50.9. The van der Waals surface area contributed by atoms with Crippen LogP contribution in [0, 0.1) is 6.92 Å². The summed E-state index contributed by atoms with van der Waals surface area (Å²) < 4.78 is 63.1. The minimum atomic E-state index is -0.824. The topological polar surface area (TPSA) is 234 Å². The number of esters is 1. The van der Waals surface area contributed by atoms with Crippen LogP contribution in [0.2, 0.25) is 15.1 Å². The Hall–Kier alpha value is -8.51. The Morgan fingerprint density at radius 1 is 0.600 bits per heavy atom. The number of rotatable bonds is 42. The molecule has 0 saturated carbocycles. The first kappa shape index (κ1) is 82.1. The number of ether oxygens (including phenoxy) is 11. The van der Waals surface area contributed by atoms with Crippen molar-refractivity contribution in [1.82, 2.24) is 20.4 Å². The highest BCUT2D eigenvalue weighted by Crippen LogP contribution is 2.42. The molecule has 6 aromatic rings. The number of hydrogen-bond donors (Lipinski definition) is 2. The number of likely N-dealkylation sites (tertiary alicyclic amines) is 2. The summed E-state index contributed by atoms with van der Waals surface area (Å²) in [5.41, 5.74) is 6.43. The molecule has 2 heterocycles. The van der Waals surface area contributed by atoms with Gasteiger partial charge >= 0.3 is 5.97 Å². The van der Waals surface area contributed by atoms with Gasteiger partial charge in [-0.2, -0.15) is 0 Å². The highest BCUT2D eigenvalue weighted by molar-refractivity contribution is 6.42. The van der Waals surface area contributed by atoms with Crippen LogP contribution in [-0.4, -0.2) is 185 Å². The van der Waals surface area contributed by atoms with E-state index in [-0.39, 0.29) is 94.8 Å². The minimum Gasteiger partial charge on any atom is -0.493 e. The van der Waals surface area contributed by atoms with Gasteiger partial charge in [0.25, 0.3) is 0 Å². The molecule has 2 N–H and O–H groups in total. The van der Waals surface area contributed by atoms with Crippen molar-refractivity contribution in [1.29, 1.82) is 0 Å².